The van der Waals surface area contributed by atoms with Crippen molar-refractivity contribution in [1.82, 2.24) is 4.98 Å². The number of anilines is 1. The number of ether oxygens (including phenoxy) is 2. The number of rotatable bonds is 6. The Balaban J connectivity index is 2.12. The van der Waals surface area contributed by atoms with Crippen molar-refractivity contribution in [3.05, 3.63) is 47.7 Å². The van der Waals surface area contributed by atoms with Crippen LogP contribution in [0.1, 0.15) is 11.3 Å². The molecule has 0 fully saturated rings. The molecule has 0 amide bonds. The van der Waals surface area contributed by atoms with Crippen molar-refractivity contribution in [3.63, 3.8) is 0 Å². The molecule has 0 atom stereocenters. The molecule has 0 radical (unpaired) electrons. The van der Waals surface area contributed by atoms with Gasteiger partial charge in [0.2, 0.25) is 0 Å². The average molecular weight is 303 g/mol. The fraction of sp³-hybridized carbons (Fsp3) is 0.200. The van der Waals surface area contributed by atoms with Crippen LogP contribution in [0, 0.1) is 0 Å². The van der Waals surface area contributed by atoms with Crippen LogP contribution in [0.2, 0.25) is 0 Å². The maximum absolute atomic E-state index is 5.57. The number of hydrogen-bond donors (Lipinski definition) is 2. The molecule has 6 heteroatoms. The predicted molar refractivity (Wildman–Crippen MR) is 87.0 cm³/mol. The van der Waals surface area contributed by atoms with Crippen LogP contribution in [0.4, 0.5) is 5.82 Å². The van der Waals surface area contributed by atoms with Gasteiger partial charge >= 0.3 is 0 Å². The lowest BCUT2D eigenvalue weighted by Crippen LogP contribution is -2.12. The molecule has 2 aromatic rings. The van der Waals surface area contributed by atoms with Crippen molar-refractivity contribution in [2.75, 3.05) is 19.5 Å². The molecule has 3 N–H and O–H groups in total. The molecule has 21 heavy (non-hydrogen) atoms. The van der Waals surface area contributed by atoms with Crippen molar-refractivity contribution in [2.45, 2.75) is 6.54 Å². The molecule has 5 nitrogen and oxygen atoms in total. The van der Waals surface area contributed by atoms with E-state index in [1.165, 1.54) is 0 Å². The first-order valence-corrected chi connectivity index (χ1v) is 6.76. The Morgan fingerprint density at radius 2 is 2.05 bits per heavy atom. The Morgan fingerprint density at radius 1 is 1.24 bits per heavy atom. The molecule has 110 valence electrons. The summed E-state index contributed by atoms with van der Waals surface area (Å²) in [5.41, 5.74) is 7.17. The number of thiocarbonyl (C=S) groups is 1. The summed E-state index contributed by atoms with van der Waals surface area (Å²) in [5.74, 6) is 2.22. The van der Waals surface area contributed by atoms with Crippen molar-refractivity contribution in [1.29, 1.82) is 0 Å². The van der Waals surface area contributed by atoms with Gasteiger partial charge in [0.25, 0.3) is 0 Å². The highest BCUT2D eigenvalue weighted by molar-refractivity contribution is 7.80. The molecule has 1 aromatic carbocycles. The van der Waals surface area contributed by atoms with Crippen LogP contribution >= 0.6 is 12.2 Å². The van der Waals surface area contributed by atoms with Crippen molar-refractivity contribution >= 4 is 23.0 Å². The van der Waals surface area contributed by atoms with E-state index < -0.39 is 0 Å². The van der Waals surface area contributed by atoms with E-state index in [4.69, 9.17) is 27.4 Å². The van der Waals surface area contributed by atoms with E-state index in [0.29, 0.717) is 18.1 Å². The Kier molecular flexibility index (Phi) is 4.94. The van der Waals surface area contributed by atoms with Crippen LogP contribution in [0.3, 0.4) is 0 Å². The minimum Gasteiger partial charge on any atom is -0.497 e. The fourth-order valence-corrected chi connectivity index (χ4v) is 1.97. The zero-order chi connectivity index (χ0) is 15.2. The molecule has 0 aliphatic rings. The van der Waals surface area contributed by atoms with Crippen LogP contribution in [0.25, 0.3) is 0 Å². The van der Waals surface area contributed by atoms with E-state index in [0.717, 1.165) is 17.1 Å². The van der Waals surface area contributed by atoms with Gasteiger partial charge in [0.05, 0.1) is 19.9 Å². The molecule has 0 aliphatic carbocycles. The van der Waals surface area contributed by atoms with Crippen molar-refractivity contribution in [2.24, 2.45) is 5.73 Å². The second kappa shape index (κ2) is 6.90. The lowest BCUT2D eigenvalue weighted by atomic mass is 10.2. The third kappa shape index (κ3) is 3.82. The summed E-state index contributed by atoms with van der Waals surface area (Å²) in [6.07, 6.45) is 0. The summed E-state index contributed by atoms with van der Waals surface area (Å²) in [4.78, 5) is 4.61. The predicted octanol–water partition coefficient (Wildman–Crippen LogP) is 2.35. The maximum atomic E-state index is 5.57. The first-order chi connectivity index (χ1) is 10.1. The van der Waals surface area contributed by atoms with Crippen LogP contribution in [-0.4, -0.2) is 24.2 Å². The molecule has 0 saturated carbocycles. The van der Waals surface area contributed by atoms with E-state index in [2.05, 4.69) is 10.3 Å². The van der Waals surface area contributed by atoms with Crippen LogP contribution in [0.5, 0.6) is 11.5 Å². The summed E-state index contributed by atoms with van der Waals surface area (Å²) in [6.45, 7) is 0.570. The molecule has 0 unspecified atom stereocenters. The molecular formula is C15H17N3O2S. The van der Waals surface area contributed by atoms with Gasteiger partial charge in [0, 0.05) is 18.2 Å². The molecule has 0 aliphatic heterocycles. The van der Waals surface area contributed by atoms with E-state index in [9.17, 15) is 0 Å². The largest absolute Gasteiger partial charge is 0.497 e. The van der Waals surface area contributed by atoms with Gasteiger partial charge in [-0.15, -0.1) is 0 Å². The highest BCUT2D eigenvalue weighted by Crippen LogP contribution is 2.25. The summed E-state index contributed by atoms with van der Waals surface area (Å²) in [5, 5.41) is 3.22. The second-order valence-corrected chi connectivity index (χ2v) is 4.74. The molecular weight excluding hydrogens is 286 g/mol. The van der Waals surface area contributed by atoms with Gasteiger partial charge in [-0.3, -0.25) is 0 Å². The number of nitrogens with two attached hydrogens (primary N) is 1. The number of nitrogens with one attached hydrogen (secondary N) is 1. The third-order valence-electron chi connectivity index (χ3n) is 2.96. The lowest BCUT2D eigenvalue weighted by Gasteiger charge is -2.12. The van der Waals surface area contributed by atoms with Gasteiger partial charge in [-0.25, -0.2) is 4.98 Å². The van der Waals surface area contributed by atoms with Gasteiger partial charge < -0.3 is 20.5 Å². The molecule has 1 aromatic heterocycles. The highest BCUT2D eigenvalue weighted by Gasteiger charge is 2.06. The van der Waals surface area contributed by atoms with E-state index >= 15 is 0 Å². The SMILES string of the molecule is COc1ccc(CNc2cccc(C(N)=S)n2)c(OC)c1. The molecule has 0 saturated heterocycles. The first kappa shape index (κ1) is 15.1. The quantitative estimate of drug-likeness (QED) is 0.798. The van der Waals surface area contributed by atoms with Gasteiger partial charge in [0.15, 0.2) is 0 Å². The number of pyridine rings is 1. The number of benzene rings is 1. The molecule has 0 bridgehead atoms. The number of hydrogen-bond acceptors (Lipinski definition) is 5. The molecule has 1 heterocycles. The van der Waals surface area contributed by atoms with Crippen LogP contribution in [0.15, 0.2) is 36.4 Å². The van der Waals surface area contributed by atoms with Gasteiger partial charge in [-0.2, -0.15) is 0 Å². The minimum atomic E-state index is 0.278. The maximum Gasteiger partial charge on any atom is 0.127 e. The Bertz CT molecular complexity index is 647. The fourth-order valence-electron chi connectivity index (χ4n) is 1.85. The summed E-state index contributed by atoms with van der Waals surface area (Å²) in [7, 11) is 3.25. The number of aromatic nitrogens is 1. The summed E-state index contributed by atoms with van der Waals surface area (Å²) in [6, 6.07) is 11.2. The lowest BCUT2D eigenvalue weighted by molar-refractivity contribution is 0.391. The summed E-state index contributed by atoms with van der Waals surface area (Å²) >= 11 is 4.92. The Labute approximate surface area is 129 Å². The van der Waals surface area contributed by atoms with E-state index in [1.54, 1.807) is 20.3 Å². The van der Waals surface area contributed by atoms with Crippen molar-refractivity contribution in [3.8, 4) is 11.5 Å². The van der Waals surface area contributed by atoms with E-state index in [1.807, 2.05) is 30.3 Å². The number of methoxy groups -OCH3 is 2. The van der Waals surface area contributed by atoms with Crippen molar-refractivity contribution < 1.29 is 9.47 Å². The third-order valence-corrected chi connectivity index (χ3v) is 3.16. The van der Waals surface area contributed by atoms with Gasteiger partial charge in [0.1, 0.15) is 22.3 Å². The molecule has 0 spiro atoms. The summed E-state index contributed by atoms with van der Waals surface area (Å²) < 4.78 is 10.5. The second-order valence-electron chi connectivity index (χ2n) is 4.30. The smallest absolute Gasteiger partial charge is 0.127 e. The highest BCUT2D eigenvalue weighted by atomic mass is 32.1. The van der Waals surface area contributed by atoms with Crippen LogP contribution in [-0.2, 0) is 6.54 Å². The molecule has 2 rings (SSSR count). The number of nitrogens with zero attached hydrogens (tertiary/aromatic N) is 1. The Hall–Kier alpha value is -2.34. The minimum absolute atomic E-state index is 0.278. The van der Waals surface area contributed by atoms with E-state index in [-0.39, 0.29) is 4.99 Å². The average Bonchev–Trinajstić information content (AvgIpc) is 2.53. The van der Waals surface area contributed by atoms with Gasteiger partial charge in [-0.05, 0) is 24.3 Å². The monoisotopic (exact) mass is 303 g/mol. The Morgan fingerprint density at radius 3 is 2.71 bits per heavy atom. The normalized spacial score (nSPS) is 10.0. The standard InChI is InChI=1S/C15H17N3O2S/c1-19-11-7-6-10(13(8-11)20-2)9-17-14-5-3-4-12(18-14)15(16)21/h3-8H,9H2,1-2H3,(H2,16,21)(H,17,18). The zero-order valence-corrected chi connectivity index (χ0v) is 12.7. The zero-order valence-electron chi connectivity index (χ0n) is 11.9. The van der Waals surface area contributed by atoms with Gasteiger partial charge in [-0.1, -0.05) is 18.3 Å². The van der Waals surface area contributed by atoms with Crippen LogP contribution < -0.4 is 20.5 Å². The topological polar surface area (TPSA) is 69.4 Å². The first-order valence-electron chi connectivity index (χ1n) is 6.35.